The van der Waals surface area contributed by atoms with Crippen LogP contribution in [0.15, 0.2) is 58.2 Å². The van der Waals surface area contributed by atoms with Crippen LogP contribution in [-0.2, 0) is 6.54 Å². The zero-order valence-electron chi connectivity index (χ0n) is 14.2. The Kier molecular flexibility index (Phi) is 3.85. The molecule has 0 aliphatic heterocycles. The van der Waals surface area contributed by atoms with Crippen molar-refractivity contribution in [3.05, 3.63) is 71.4 Å². The van der Waals surface area contributed by atoms with E-state index < -0.39 is 0 Å². The van der Waals surface area contributed by atoms with Gasteiger partial charge in [0.25, 0.3) is 0 Å². The highest BCUT2D eigenvalue weighted by molar-refractivity contribution is 5.82. The molecule has 0 aliphatic rings. The standard InChI is InChI=1S/C19H19N5O/c1-13-10-15(14(2)24(13)12-16-6-5-9-25-16)11-20-23-19-21-17-7-3-4-8-18(17)22-19/h3-11H,12H2,1-2H3,(H2,21,22,23)/b20-11-. The second kappa shape index (κ2) is 6.32. The van der Waals surface area contributed by atoms with E-state index in [4.69, 9.17) is 4.42 Å². The van der Waals surface area contributed by atoms with Crippen LogP contribution in [0.3, 0.4) is 0 Å². The fraction of sp³-hybridized carbons (Fsp3) is 0.158. The van der Waals surface area contributed by atoms with Crippen LogP contribution in [0, 0.1) is 13.8 Å². The number of furan rings is 1. The molecule has 126 valence electrons. The van der Waals surface area contributed by atoms with Crippen molar-refractivity contribution in [2.75, 3.05) is 5.43 Å². The zero-order chi connectivity index (χ0) is 17.2. The van der Waals surface area contributed by atoms with Gasteiger partial charge < -0.3 is 14.0 Å². The number of hydrogen-bond acceptors (Lipinski definition) is 4. The molecule has 1 aromatic carbocycles. The van der Waals surface area contributed by atoms with Crippen molar-refractivity contribution in [1.82, 2.24) is 14.5 Å². The number of aromatic amines is 1. The van der Waals surface area contributed by atoms with E-state index >= 15 is 0 Å². The number of imidazole rings is 1. The van der Waals surface area contributed by atoms with Crippen LogP contribution in [0.25, 0.3) is 11.0 Å². The number of benzene rings is 1. The fourth-order valence-corrected chi connectivity index (χ4v) is 2.93. The first-order chi connectivity index (χ1) is 12.2. The summed E-state index contributed by atoms with van der Waals surface area (Å²) in [5.74, 6) is 1.56. The van der Waals surface area contributed by atoms with E-state index in [1.54, 1.807) is 6.26 Å². The number of anilines is 1. The van der Waals surface area contributed by atoms with E-state index in [-0.39, 0.29) is 0 Å². The van der Waals surface area contributed by atoms with Crippen LogP contribution in [0.5, 0.6) is 0 Å². The van der Waals surface area contributed by atoms with E-state index in [9.17, 15) is 0 Å². The van der Waals surface area contributed by atoms with Crippen molar-refractivity contribution in [3.8, 4) is 0 Å². The van der Waals surface area contributed by atoms with E-state index in [0.29, 0.717) is 5.95 Å². The van der Waals surface area contributed by atoms with Crippen molar-refractivity contribution in [2.24, 2.45) is 5.10 Å². The molecule has 4 aromatic rings. The normalized spacial score (nSPS) is 11.6. The van der Waals surface area contributed by atoms with Gasteiger partial charge in [0.05, 0.1) is 30.1 Å². The van der Waals surface area contributed by atoms with Gasteiger partial charge in [-0.1, -0.05) is 12.1 Å². The zero-order valence-corrected chi connectivity index (χ0v) is 14.2. The molecular formula is C19H19N5O. The van der Waals surface area contributed by atoms with Crippen molar-refractivity contribution >= 4 is 23.2 Å². The molecule has 2 N–H and O–H groups in total. The summed E-state index contributed by atoms with van der Waals surface area (Å²) >= 11 is 0. The molecule has 3 aromatic heterocycles. The van der Waals surface area contributed by atoms with Gasteiger partial charge in [0.15, 0.2) is 0 Å². The molecule has 3 heterocycles. The minimum absolute atomic E-state index is 0.627. The van der Waals surface area contributed by atoms with Crippen molar-refractivity contribution in [2.45, 2.75) is 20.4 Å². The first-order valence-corrected chi connectivity index (χ1v) is 8.13. The van der Waals surface area contributed by atoms with Gasteiger partial charge in [0.2, 0.25) is 5.95 Å². The summed E-state index contributed by atoms with van der Waals surface area (Å²) in [5.41, 5.74) is 8.23. The lowest BCUT2D eigenvalue weighted by Gasteiger charge is -2.07. The molecule has 4 rings (SSSR count). The summed E-state index contributed by atoms with van der Waals surface area (Å²) in [5, 5.41) is 4.31. The number of hydrogen-bond donors (Lipinski definition) is 2. The Hall–Kier alpha value is -3.28. The maximum atomic E-state index is 5.45. The average Bonchev–Trinajstić information content (AvgIpc) is 3.31. The molecule has 0 saturated carbocycles. The van der Waals surface area contributed by atoms with E-state index in [1.807, 2.05) is 42.6 Å². The van der Waals surface area contributed by atoms with Gasteiger partial charge in [0.1, 0.15) is 5.76 Å². The number of nitrogens with one attached hydrogen (secondary N) is 2. The Bertz CT molecular complexity index is 991. The van der Waals surface area contributed by atoms with E-state index in [2.05, 4.69) is 45.0 Å². The average molecular weight is 333 g/mol. The lowest BCUT2D eigenvalue weighted by Crippen LogP contribution is -2.03. The summed E-state index contributed by atoms with van der Waals surface area (Å²) < 4.78 is 7.65. The quantitative estimate of drug-likeness (QED) is 0.427. The Labute approximate surface area is 145 Å². The van der Waals surface area contributed by atoms with Crippen molar-refractivity contribution < 1.29 is 4.42 Å². The first-order valence-electron chi connectivity index (χ1n) is 8.13. The summed E-state index contributed by atoms with van der Waals surface area (Å²) in [7, 11) is 0. The van der Waals surface area contributed by atoms with Gasteiger partial charge in [-0.3, -0.25) is 0 Å². The molecule has 0 amide bonds. The lowest BCUT2D eigenvalue weighted by atomic mass is 10.3. The van der Waals surface area contributed by atoms with Crippen molar-refractivity contribution in [3.63, 3.8) is 0 Å². The lowest BCUT2D eigenvalue weighted by molar-refractivity contribution is 0.489. The third-order valence-corrected chi connectivity index (χ3v) is 4.27. The minimum atomic E-state index is 0.627. The molecule has 0 radical (unpaired) electrons. The molecule has 0 aliphatic carbocycles. The Balaban J connectivity index is 1.51. The number of nitrogens with zero attached hydrogens (tertiary/aromatic N) is 3. The number of aryl methyl sites for hydroxylation is 1. The second-order valence-electron chi connectivity index (χ2n) is 5.96. The van der Waals surface area contributed by atoms with Crippen LogP contribution in [0.4, 0.5) is 5.95 Å². The molecule has 6 heteroatoms. The predicted molar refractivity (Wildman–Crippen MR) is 99.0 cm³/mol. The number of aromatic nitrogens is 3. The monoisotopic (exact) mass is 333 g/mol. The topological polar surface area (TPSA) is 71.1 Å². The Morgan fingerprint density at radius 2 is 2.12 bits per heavy atom. The Morgan fingerprint density at radius 3 is 2.92 bits per heavy atom. The number of H-pyrrole nitrogens is 1. The molecule has 0 saturated heterocycles. The maximum absolute atomic E-state index is 5.45. The van der Waals surface area contributed by atoms with Gasteiger partial charge in [-0.15, -0.1) is 0 Å². The van der Waals surface area contributed by atoms with Gasteiger partial charge in [-0.05, 0) is 44.2 Å². The summed E-state index contributed by atoms with van der Waals surface area (Å²) in [6.07, 6.45) is 3.51. The van der Waals surface area contributed by atoms with Gasteiger partial charge >= 0.3 is 0 Å². The van der Waals surface area contributed by atoms with Crippen LogP contribution in [-0.4, -0.2) is 20.7 Å². The molecule has 0 spiro atoms. The van der Waals surface area contributed by atoms with Gasteiger partial charge in [-0.25, -0.2) is 10.4 Å². The maximum Gasteiger partial charge on any atom is 0.222 e. The molecule has 0 fully saturated rings. The van der Waals surface area contributed by atoms with E-state index in [0.717, 1.165) is 34.6 Å². The smallest absolute Gasteiger partial charge is 0.222 e. The summed E-state index contributed by atoms with van der Waals surface area (Å²) in [4.78, 5) is 7.63. The number of rotatable bonds is 5. The van der Waals surface area contributed by atoms with Crippen LogP contribution >= 0.6 is 0 Å². The molecule has 25 heavy (non-hydrogen) atoms. The highest BCUT2D eigenvalue weighted by Crippen LogP contribution is 2.17. The SMILES string of the molecule is Cc1cc(/C=N\Nc2nc3ccccc3[nH]2)c(C)n1Cc1ccco1. The Morgan fingerprint density at radius 1 is 1.24 bits per heavy atom. The minimum Gasteiger partial charge on any atom is -0.467 e. The summed E-state index contributed by atoms with van der Waals surface area (Å²) in [6.45, 7) is 4.88. The summed E-state index contributed by atoms with van der Waals surface area (Å²) in [6, 6.07) is 13.9. The highest BCUT2D eigenvalue weighted by Gasteiger charge is 2.09. The van der Waals surface area contributed by atoms with Crippen LogP contribution in [0.1, 0.15) is 22.7 Å². The second-order valence-corrected chi connectivity index (χ2v) is 5.96. The molecule has 0 unspecified atom stereocenters. The van der Waals surface area contributed by atoms with Crippen LogP contribution < -0.4 is 5.43 Å². The third kappa shape index (κ3) is 3.06. The molecule has 0 atom stereocenters. The predicted octanol–water partition coefficient (Wildman–Crippen LogP) is 4.07. The fourth-order valence-electron chi connectivity index (χ4n) is 2.93. The number of fused-ring (bicyclic) bond motifs is 1. The van der Waals surface area contributed by atoms with Gasteiger partial charge in [0, 0.05) is 17.0 Å². The van der Waals surface area contributed by atoms with E-state index in [1.165, 1.54) is 5.69 Å². The molecule has 0 bridgehead atoms. The van der Waals surface area contributed by atoms with Crippen molar-refractivity contribution in [1.29, 1.82) is 0 Å². The van der Waals surface area contributed by atoms with Crippen LogP contribution in [0.2, 0.25) is 0 Å². The molecular weight excluding hydrogens is 314 g/mol. The number of para-hydroxylation sites is 2. The van der Waals surface area contributed by atoms with Gasteiger partial charge in [-0.2, -0.15) is 5.10 Å². The number of hydrazone groups is 1. The highest BCUT2D eigenvalue weighted by atomic mass is 16.3. The third-order valence-electron chi connectivity index (χ3n) is 4.27. The molecule has 6 nitrogen and oxygen atoms in total. The largest absolute Gasteiger partial charge is 0.467 e. The first kappa shape index (κ1) is 15.3.